The Kier molecular flexibility index (Phi) is 3.82. The fourth-order valence-corrected chi connectivity index (χ4v) is 2.53. The summed E-state index contributed by atoms with van der Waals surface area (Å²) >= 11 is -0.310. The quantitative estimate of drug-likeness (QED) is 0.389. The summed E-state index contributed by atoms with van der Waals surface area (Å²) in [6.45, 7) is 0. The zero-order valence-electron chi connectivity index (χ0n) is 4.44. The molecule has 0 atom stereocenters. The van der Waals surface area contributed by atoms with Gasteiger partial charge in [-0.05, 0) is 0 Å². The Balaban J connectivity index is 3.44. The summed E-state index contributed by atoms with van der Waals surface area (Å²) in [5.41, 5.74) is 0. The van der Waals surface area contributed by atoms with Crippen molar-refractivity contribution >= 4 is 25.1 Å². The Morgan fingerprint density at radius 2 is 2.22 bits per heavy atom. The summed E-state index contributed by atoms with van der Waals surface area (Å²) < 4.78 is 28.0. The molecule has 0 fully saturated rings. The Hall–Kier alpha value is -0.0805. The molecule has 9 heavy (non-hydrogen) atoms. The molecule has 0 saturated heterocycles. The van der Waals surface area contributed by atoms with Crippen LogP contribution in [0.1, 0.15) is 0 Å². The fraction of sp³-hybridized carbons (Fsp3) is 0.667. The zero-order valence-corrected chi connectivity index (χ0v) is 6.97. The van der Waals surface area contributed by atoms with Gasteiger partial charge in [-0.2, -0.15) is 0 Å². The molecule has 0 heterocycles. The molecular weight excluding hydrogens is 209 g/mol. The van der Waals surface area contributed by atoms with Crippen molar-refractivity contribution in [2.24, 2.45) is 0 Å². The van der Waals surface area contributed by atoms with Gasteiger partial charge in [-0.1, -0.05) is 0 Å². The number of rotatable bonds is 3. The van der Waals surface area contributed by atoms with Gasteiger partial charge in [0.1, 0.15) is 0 Å². The minimum absolute atomic E-state index is 0.266. The van der Waals surface area contributed by atoms with E-state index in [0.717, 1.165) is 0 Å². The molecule has 6 heteroatoms. The predicted molar refractivity (Wildman–Crippen MR) is 32.6 cm³/mol. The third-order valence-corrected chi connectivity index (χ3v) is 2.94. The average Bonchev–Trinajstić information content (AvgIpc) is 1.63. The molecule has 0 radical (unpaired) electrons. The molecule has 0 aromatic heterocycles. The van der Waals surface area contributed by atoms with Crippen LogP contribution in [0.5, 0.6) is 0 Å². The van der Waals surface area contributed by atoms with E-state index < -0.39 is 10.1 Å². The van der Waals surface area contributed by atoms with Crippen LogP contribution in [0.4, 0.5) is 0 Å². The van der Waals surface area contributed by atoms with Crippen LogP contribution in [0.2, 0.25) is 5.32 Å². The summed E-state index contributed by atoms with van der Waals surface area (Å²) in [6.07, 6.45) is 0. The molecular formula is C3H5NO3SSe. The topological polar surface area (TPSA) is 78.2 Å². The van der Waals surface area contributed by atoms with Gasteiger partial charge in [0.15, 0.2) is 0 Å². The molecule has 0 aliphatic rings. The summed E-state index contributed by atoms with van der Waals surface area (Å²) in [7, 11) is -3.83. The van der Waals surface area contributed by atoms with Gasteiger partial charge in [-0.15, -0.1) is 0 Å². The standard InChI is InChI=1S/C3H5NO3SSe/c4-3-9-2-1-8(5,6)7/h1-2H2,(H,5,6,7). The van der Waals surface area contributed by atoms with E-state index in [9.17, 15) is 8.42 Å². The van der Waals surface area contributed by atoms with Gasteiger partial charge < -0.3 is 0 Å². The minimum atomic E-state index is -3.83. The van der Waals surface area contributed by atoms with Gasteiger partial charge in [-0.3, -0.25) is 0 Å². The maximum atomic E-state index is 9.96. The van der Waals surface area contributed by atoms with E-state index in [1.54, 1.807) is 0 Å². The fourth-order valence-electron chi connectivity index (χ4n) is 0.193. The number of nitrogens with zero attached hydrogens (tertiary/aromatic N) is 1. The first kappa shape index (κ1) is 8.92. The molecule has 0 aromatic rings. The third-order valence-electron chi connectivity index (χ3n) is 0.508. The number of nitriles is 1. The molecule has 0 bridgehead atoms. The second-order valence-corrected chi connectivity index (χ2v) is 4.64. The maximum absolute atomic E-state index is 9.96. The summed E-state index contributed by atoms with van der Waals surface area (Å²) in [5, 5.41) is 8.23. The van der Waals surface area contributed by atoms with Gasteiger partial charge in [0.25, 0.3) is 0 Å². The molecule has 1 N–H and O–H groups in total. The molecule has 0 amide bonds. The predicted octanol–water partition coefficient (Wildman–Crippen LogP) is -0.522. The van der Waals surface area contributed by atoms with E-state index >= 15 is 0 Å². The number of hydrogen-bond donors (Lipinski definition) is 1. The molecule has 0 saturated carbocycles. The molecule has 0 aliphatic carbocycles. The monoisotopic (exact) mass is 215 g/mol. The van der Waals surface area contributed by atoms with Crippen LogP contribution in [-0.4, -0.2) is 33.7 Å². The molecule has 0 aliphatic heterocycles. The van der Waals surface area contributed by atoms with E-state index in [1.165, 1.54) is 0 Å². The van der Waals surface area contributed by atoms with Gasteiger partial charge >= 0.3 is 59.3 Å². The first-order chi connectivity index (χ1) is 4.06. The van der Waals surface area contributed by atoms with Gasteiger partial charge in [0, 0.05) is 0 Å². The van der Waals surface area contributed by atoms with Crippen molar-refractivity contribution in [3.63, 3.8) is 0 Å². The van der Waals surface area contributed by atoms with E-state index in [1.807, 2.05) is 4.97 Å². The Morgan fingerprint density at radius 3 is 2.56 bits per heavy atom. The van der Waals surface area contributed by atoms with Crippen molar-refractivity contribution in [3.05, 3.63) is 0 Å². The van der Waals surface area contributed by atoms with Crippen molar-refractivity contribution in [2.45, 2.75) is 5.32 Å². The summed E-state index contributed by atoms with van der Waals surface area (Å²) in [5.74, 6) is -0.291. The Labute approximate surface area is 59.8 Å². The molecule has 0 spiro atoms. The van der Waals surface area contributed by atoms with Crippen LogP contribution in [0.3, 0.4) is 0 Å². The summed E-state index contributed by atoms with van der Waals surface area (Å²) in [4.78, 5) is 1.83. The van der Waals surface area contributed by atoms with Gasteiger partial charge in [-0.25, -0.2) is 0 Å². The second kappa shape index (κ2) is 3.85. The van der Waals surface area contributed by atoms with Crippen molar-refractivity contribution < 1.29 is 13.0 Å². The van der Waals surface area contributed by atoms with E-state index in [-0.39, 0.29) is 26.0 Å². The van der Waals surface area contributed by atoms with Gasteiger partial charge in [0.05, 0.1) is 0 Å². The van der Waals surface area contributed by atoms with Crippen LogP contribution >= 0.6 is 0 Å². The average molecular weight is 214 g/mol. The SMILES string of the molecule is N#C[Se]CCS(=O)(=O)O. The first-order valence-electron chi connectivity index (χ1n) is 2.02. The van der Waals surface area contributed by atoms with E-state index in [4.69, 9.17) is 9.81 Å². The Bertz CT molecular complexity index is 204. The van der Waals surface area contributed by atoms with Crippen LogP contribution < -0.4 is 0 Å². The Morgan fingerprint density at radius 1 is 1.67 bits per heavy atom. The molecule has 0 unspecified atom stereocenters. The number of hydrogen-bond acceptors (Lipinski definition) is 3. The van der Waals surface area contributed by atoms with Crippen LogP contribution in [-0.2, 0) is 10.1 Å². The van der Waals surface area contributed by atoms with Crippen LogP contribution in [0.25, 0.3) is 0 Å². The van der Waals surface area contributed by atoms with E-state index in [2.05, 4.69) is 0 Å². The molecule has 0 rings (SSSR count). The second-order valence-electron chi connectivity index (χ2n) is 1.23. The first-order valence-corrected chi connectivity index (χ1v) is 5.70. The molecule has 0 aromatic carbocycles. The molecule has 52 valence electrons. The van der Waals surface area contributed by atoms with Crippen molar-refractivity contribution in [2.75, 3.05) is 5.75 Å². The van der Waals surface area contributed by atoms with Crippen LogP contribution in [0, 0.1) is 10.2 Å². The van der Waals surface area contributed by atoms with Crippen molar-refractivity contribution in [1.82, 2.24) is 0 Å². The summed E-state index contributed by atoms with van der Waals surface area (Å²) in [6, 6.07) is 0. The van der Waals surface area contributed by atoms with Crippen LogP contribution in [0.15, 0.2) is 0 Å². The third kappa shape index (κ3) is 7.92. The van der Waals surface area contributed by atoms with Crippen molar-refractivity contribution in [1.29, 1.82) is 5.26 Å². The van der Waals surface area contributed by atoms with E-state index in [0.29, 0.717) is 0 Å². The zero-order chi connectivity index (χ0) is 7.33. The van der Waals surface area contributed by atoms with Crippen molar-refractivity contribution in [3.8, 4) is 4.97 Å². The normalized spacial score (nSPS) is 10.7. The molecule has 4 nitrogen and oxygen atoms in total. The van der Waals surface area contributed by atoms with Gasteiger partial charge in [0.2, 0.25) is 0 Å².